The SMILES string of the molecule is O=[N+]([O-])c1ccc(F)c(-c2ccccc2)c1[N+](=O)[O-]. The Labute approximate surface area is 106 Å². The molecule has 7 heteroatoms. The van der Waals surface area contributed by atoms with Crippen LogP contribution in [-0.2, 0) is 0 Å². The summed E-state index contributed by atoms with van der Waals surface area (Å²) in [5.41, 5.74) is -1.73. The quantitative estimate of drug-likeness (QED) is 0.627. The first kappa shape index (κ1) is 12.6. The van der Waals surface area contributed by atoms with Crippen molar-refractivity contribution in [3.8, 4) is 11.1 Å². The number of hydrogen-bond donors (Lipinski definition) is 0. The molecule has 0 saturated carbocycles. The van der Waals surface area contributed by atoms with E-state index in [0.29, 0.717) is 0 Å². The second-order valence-electron chi connectivity index (χ2n) is 3.67. The predicted molar refractivity (Wildman–Crippen MR) is 65.1 cm³/mol. The first-order valence-electron chi connectivity index (χ1n) is 5.19. The molecule has 0 spiro atoms. The van der Waals surface area contributed by atoms with Crippen molar-refractivity contribution in [2.75, 3.05) is 0 Å². The third-order valence-electron chi connectivity index (χ3n) is 2.55. The molecule has 2 aromatic rings. The lowest BCUT2D eigenvalue weighted by atomic mass is 10.0. The number of nitro groups is 2. The highest BCUT2D eigenvalue weighted by molar-refractivity contribution is 5.79. The molecule has 0 atom stereocenters. The summed E-state index contributed by atoms with van der Waals surface area (Å²) in [6.07, 6.45) is 0. The highest BCUT2D eigenvalue weighted by atomic mass is 19.1. The van der Waals surface area contributed by atoms with Gasteiger partial charge in [0.25, 0.3) is 0 Å². The van der Waals surface area contributed by atoms with Crippen LogP contribution in [0, 0.1) is 26.0 Å². The lowest BCUT2D eigenvalue weighted by molar-refractivity contribution is -0.422. The molecule has 0 aliphatic rings. The molecule has 2 aromatic carbocycles. The number of rotatable bonds is 3. The van der Waals surface area contributed by atoms with Crippen LogP contribution in [0.3, 0.4) is 0 Å². The molecule has 0 amide bonds. The highest BCUT2D eigenvalue weighted by Gasteiger charge is 2.31. The summed E-state index contributed by atoms with van der Waals surface area (Å²) in [5.74, 6) is -0.872. The van der Waals surface area contributed by atoms with Gasteiger partial charge < -0.3 is 0 Å². The van der Waals surface area contributed by atoms with Crippen LogP contribution in [0.4, 0.5) is 15.8 Å². The van der Waals surface area contributed by atoms with Gasteiger partial charge >= 0.3 is 11.4 Å². The fourth-order valence-electron chi connectivity index (χ4n) is 1.77. The average Bonchev–Trinajstić information content (AvgIpc) is 2.38. The van der Waals surface area contributed by atoms with E-state index in [1.807, 2.05) is 0 Å². The van der Waals surface area contributed by atoms with Crippen LogP contribution in [-0.4, -0.2) is 9.85 Å². The van der Waals surface area contributed by atoms with E-state index in [9.17, 15) is 24.6 Å². The molecule has 0 saturated heterocycles. The van der Waals surface area contributed by atoms with Gasteiger partial charge in [-0.1, -0.05) is 30.3 Å². The summed E-state index contributed by atoms with van der Waals surface area (Å²) in [4.78, 5) is 20.0. The second kappa shape index (κ2) is 4.81. The third-order valence-corrected chi connectivity index (χ3v) is 2.55. The molecule has 96 valence electrons. The Morgan fingerprint density at radius 3 is 2.05 bits per heavy atom. The number of benzene rings is 2. The molecule has 0 heterocycles. The molecule has 0 aliphatic heterocycles. The van der Waals surface area contributed by atoms with Crippen molar-refractivity contribution in [2.24, 2.45) is 0 Å². The largest absolute Gasteiger partial charge is 0.356 e. The van der Waals surface area contributed by atoms with Gasteiger partial charge in [0.15, 0.2) is 0 Å². The van der Waals surface area contributed by atoms with E-state index in [4.69, 9.17) is 0 Å². The van der Waals surface area contributed by atoms with Crippen molar-refractivity contribution >= 4 is 11.4 Å². The Morgan fingerprint density at radius 2 is 1.53 bits per heavy atom. The summed E-state index contributed by atoms with van der Waals surface area (Å²) < 4.78 is 13.8. The van der Waals surface area contributed by atoms with Gasteiger partial charge in [-0.25, -0.2) is 4.39 Å². The fourth-order valence-corrected chi connectivity index (χ4v) is 1.77. The highest BCUT2D eigenvalue weighted by Crippen LogP contribution is 2.39. The van der Waals surface area contributed by atoms with Crippen LogP contribution in [0.2, 0.25) is 0 Å². The lowest BCUT2D eigenvalue weighted by Gasteiger charge is -2.05. The number of hydrogen-bond acceptors (Lipinski definition) is 4. The lowest BCUT2D eigenvalue weighted by Crippen LogP contribution is -2.00. The molecule has 0 bridgehead atoms. The molecular weight excluding hydrogens is 255 g/mol. The van der Waals surface area contributed by atoms with Crippen molar-refractivity contribution < 1.29 is 14.2 Å². The van der Waals surface area contributed by atoms with Gasteiger partial charge in [0.1, 0.15) is 11.4 Å². The van der Waals surface area contributed by atoms with Gasteiger partial charge in [0.05, 0.1) is 9.85 Å². The van der Waals surface area contributed by atoms with E-state index < -0.39 is 27.0 Å². The Hall–Kier alpha value is -2.83. The van der Waals surface area contributed by atoms with Gasteiger partial charge in [0, 0.05) is 6.07 Å². The summed E-state index contributed by atoms with van der Waals surface area (Å²) >= 11 is 0. The molecule has 0 N–H and O–H groups in total. The first-order valence-corrected chi connectivity index (χ1v) is 5.19. The zero-order valence-electron chi connectivity index (χ0n) is 9.45. The maximum atomic E-state index is 13.8. The summed E-state index contributed by atoms with van der Waals surface area (Å²) in [5, 5.41) is 21.8. The molecule has 0 radical (unpaired) electrons. The van der Waals surface area contributed by atoms with E-state index in [0.717, 1.165) is 12.1 Å². The molecule has 19 heavy (non-hydrogen) atoms. The van der Waals surface area contributed by atoms with Crippen LogP contribution in [0.5, 0.6) is 0 Å². The van der Waals surface area contributed by atoms with Crippen molar-refractivity contribution in [1.82, 2.24) is 0 Å². The molecule has 2 rings (SSSR count). The Morgan fingerprint density at radius 1 is 0.895 bits per heavy atom. The monoisotopic (exact) mass is 262 g/mol. The van der Waals surface area contributed by atoms with Gasteiger partial charge in [-0.3, -0.25) is 20.2 Å². The molecule has 0 aromatic heterocycles. The van der Waals surface area contributed by atoms with Gasteiger partial charge in [-0.2, -0.15) is 0 Å². The van der Waals surface area contributed by atoms with Crippen LogP contribution < -0.4 is 0 Å². The van der Waals surface area contributed by atoms with E-state index >= 15 is 0 Å². The van der Waals surface area contributed by atoms with E-state index in [2.05, 4.69) is 0 Å². The number of halogens is 1. The molecular formula is C12H7FN2O4. The standard InChI is InChI=1S/C12H7FN2O4/c13-9-6-7-10(14(16)17)12(15(18)19)11(9)8-4-2-1-3-5-8/h1-7H. The van der Waals surface area contributed by atoms with Crippen molar-refractivity contribution in [2.45, 2.75) is 0 Å². The smallest absolute Gasteiger partial charge is 0.258 e. The Kier molecular flexibility index (Phi) is 3.19. The van der Waals surface area contributed by atoms with Gasteiger partial charge in [0.2, 0.25) is 0 Å². The minimum atomic E-state index is -0.941. The van der Waals surface area contributed by atoms with E-state index in [-0.39, 0.29) is 11.1 Å². The summed E-state index contributed by atoms with van der Waals surface area (Å²) in [6.45, 7) is 0. The zero-order chi connectivity index (χ0) is 14.0. The maximum Gasteiger partial charge on any atom is 0.356 e. The van der Waals surface area contributed by atoms with Crippen LogP contribution in [0.1, 0.15) is 0 Å². The van der Waals surface area contributed by atoms with Crippen LogP contribution in [0.15, 0.2) is 42.5 Å². The van der Waals surface area contributed by atoms with Crippen molar-refractivity contribution in [3.63, 3.8) is 0 Å². The molecule has 0 fully saturated rings. The topological polar surface area (TPSA) is 86.3 Å². The van der Waals surface area contributed by atoms with Gasteiger partial charge in [-0.15, -0.1) is 0 Å². The van der Waals surface area contributed by atoms with E-state index in [1.54, 1.807) is 18.2 Å². The van der Waals surface area contributed by atoms with Crippen molar-refractivity contribution in [3.05, 3.63) is 68.5 Å². The molecule has 0 aliphatic carbocycles. The van der Waals surface area contributed by atoms with Gasteiger partial charge in [-0.05, 0) is 11.6 Å². The minimum Gasteiger partial charge on any atom is -0.258 e. The molecule has 0 unspecified atom stereocenters. The van der Waals surface area contributed by atoms with Crippen molar-refractivity contribution in [1.29, 1.82) is 0 Å². The minimum absolute atomic E-state index is 0.218. The number of nitro benzene ring substituents is 2. The average molecular weight is 262 g/mol. The maximum absolute atomic E-state index is 13.8. The second-order valence-corrected chi connectivity index (χ2v) is 3.67. The van der Waals surface area contributed by atoms with Crippen LogP contribution in [0.25, 0.3) is 11.1 Å². The Balaban J connectivity index is 2.82. The van der Waals surface area contributed by atoms with Crippen LogP contribution >= 0.6 is 0 Å². The summed E-state index contributed by atoms with van der Waals surface area (Å²) in [6, 6.07) is 9.34. The predicted octanol–water partition coefficient (Wildman–Crippen LogP) is 3.31. The normalized spacial score (nSPS) is 10.2. The summed E-state index contributed by atoms with van der Waals surface area (Å²) in [7, 11) is 0. The Bertz CT molecular complexity index is 658. The number of nitrogens with zero attached hydrogens (tertiary/aromatic N) is 2. The molecule has 6 nitrogen and oxygen atoms in total. The third kappa shape index (κ3) is 2.25. The zero-order valence-corrected chi connectivity index (χ0v) is 9.45. The first-order chi connectivity index (χ1) is 9.02. The van der Waals surface area contributed by atoms with E-state index in [1.165, 1.54) is 12.1 Å². The fraction of sp³-hybridized carbons (Fsp3) is 0.